The van der Waals surface area contributed by atoms with Crippen LogP contribution in [0.1, 0.15) is 56.1 Å². The maximum Gasteiger partial charge on any atom is 0.251 e. The molecule has 150 valence electrons. The number of carbonyl (C=O) groups excluding carboxylic acids is 1. The Morgan fingerprint density at radius 3 is 2.59 bits per heavy atom. The van der Waals surface area contributed by atoms with Crippen molar-refractivity contribution in [1.29, 1.82) is 0 Å². The molecule has 0 unspecified atom stereocenters. The van der Waals surface area contributed by atoms with Crippen molar-refractivity contribution in [2.45, 2.75) is 51.5 Å². The summed E-state index contributed by atoms with van der Waals surface area (Å²) in [7, 11) is 0. The van der Waals surface area contributed by atoms with Gasteiger partial charge in [-0.1, -0.05) is 38.4 Å². The van der Waals surface area contributed by atoms with Crippen LogP contribution in [0.15, 0.2) is 48.0 Å². The van der Waals surface area contributed by atoms with E-state index < -0.39 is 0 Å². The second-order valence-electron chi connectivity index (χ2n) is 8.68. The number of aromatic nitrogens is 1. The second kappa shape index (κ2) is 7.92. The number of thiophene rings is 1. The van der Waals surface area contributed by atoms with E-state index in [1.807, 2.05) is 24.4 Å². The van der Waals surface area contributed by atoms with Crippen molar-refractivity contribution >= 4 is 28.8 Å². The summed E-state index contributed by atoms with van der Waals surface area (Å²) in [5.41, 5.74) is 4.87. The van der Waals surface area contributed by atoms with Crippen molar-refractivity contribution in [3.63, 3.8) is 0 Å². The highest BCUT2D eigenvalue weighted by molar-refractivity contribution is 7.14. The molecule has 3 aromatic rings. The van der Waals surface area contributed by atoms with Gasteiger partial charge < -0.3 is 5.32 Å². The van der Waals surface area contributed by atoms with Crippen LogP contribution < -0.4 is 5.32 Å². The van der Waals surface area contributed by atoms with Crippen LogP contribution in [0.25, 0.3) is 21.6 Å². The molecule has 1 aliphatic rings. The molecule has 3 nitrogen and oxygen atoms in total. The van der Waals surface area contributed by atoms with E-state index >= 15 is 0 Å². The molecule has 1 aromatic carbocycles. The molecule has 4 rings (SSSR count). The smallest absolute Gasteiger partial charge is 0.251 e. The third-order valence-corrected chi connectivity index (χ3v) is 6.69. The standard InChI is InChI=1S/C24H25ClN2OS/c1-24(2,3)22-13-15(9-10-26-22)21-12-17(14-29-21)19-8-7-16(11-20(19)25)23(28)27-18-5-4-6-18/h7-14,18H,4-6H2,1-3H3,(H,27,28). The Bertz CT molecular complexity index is 1050. The van der Waals surface area contributed by atoms with Crippen LogP contribution >= 0.6 is 22.9 Å². The maximum absolute atomic E-state index is 12.4. The molecule has 2 aromatic heterocycles. The van der Waals surface area contributed by atoms with Gasteiger partial charge in [-0.3, -0.25) is 9.78 Å². The van der Waals surface area contributed by atoms with Gasteiger partial charge in [-0.2, -0.15) is 0 Å². The van der Waals surface area contributed by atoms with Crippen LogP contribution in [0.2, 0.25) is 5.02 Å². The number of nitrogens with zero attached hydrogens (tertiary/aromatic N) is 1. The average Bonchev–Trinajstić information content (AvgIpc) is 3.13. The Morgan fingerprint density at radius 2 is 1.93 bits per heavy atom. The van der Waals surface area contributed by atoms with Crippen molar-refractivity contribution in [2.75, 3.05) is 0 Å². The molecule has 1 aliphatic carbocycles. The topological polar surface area (TPSA) is 42.0 Å². The molecule has 1 N–H and O–H groups in total. The Balaban J connectivity index is 1.57. The van der Waals surface area contributed by atoms with Crippen molar-refractivity contribution in [3.8, 4) is 21.6 Å². The first kappa shape index (κ1) is 20.1. The lowest BCUT2D eigenvalue weighted by Crippen LogP contribution is -2.39. The van der Waals surface area contributed by atoms with Crippen molar-refractivity contribution in [2.24, 2.45) is 0 Å². The molecular formula is C24H25ClN2OS. The van der Waals surface area contributed by atoms with Crippen LogP contribution in [0.5, 0.6) is 0 Å². The number of halogens is 1. The third-order valence-electron chi connectivity index (χ3n) is 5.40. The first-order chi connectivity index (χ1) is 13.8. The molecule has 1 amide bonds. The normalized spacial score (nSPS) is 14.5. The number of nitrogens with one attached hydrogen (secondary N) is 1. The summed E-state index contributed by atoms with van der Waals surface area (Å²) in [5.74, 6) is -0.0411. The molecule has 0 atom stereocenters. The average molecular weight is 425 g/mol. The summed E-state index contributed by atoms with van der Waals surface area (Å²) in [4.78, 5) is 18.1. The minimum Gasteiger partial charge on any atom is -0.349 e. The van der Waals surface area contributed by atoms with Crippen LogP contribution in [0.3, 0.4) is 0 Å². The van der Waals surface area contributed by atoms with Crippen LogP contribution in [0, 0.1) is 0 Å². The molecule has 1 saturated carbocycles. The van der Waals surface area contributed by atoms with Crippen LogP contribution in [0.4, 0.5) is 0 Å². The first-order valence-corrected chi connectivity index (χ1v) is 11.2. The Morgan fingerprint density at radius 1 is 1.14 bits per heavy atom. The van der Waals surface area contributed by atoms with Gasteiger partial charge in [-0.25, -0.2) is 0 Å². The molecule has 0 aliphatic heterocycles. The summed E-state index contributed by atoms with van der Waals surface area (Å²) in [6.45, 7) is 6.50. The van der Waals surface area contributed by atoms with Crippen molar-refractivity contribution in [3.05, 3.63) is 64.3 Å². The molecule has 0 radical (unpaired) electrons. The largest absolute Gasteiger partial charge is 0.349 e. The minimum absolute atomic E-state index is 0.00922. The highest BCUT2D eigenvalue weighted by Crippen LogP contribution is 2.37. The van der Waals surface area contributed by atoms with Crippen molar-refractivity contribution < 1.29 is 4.79 Å². The fourth-order valence-electron chi connectivity index (χ4n) is 3.33. The van der Waals surface area contributed by atoms with Gasteiger partial charge in [-0.05, 0) is 66.1 Å². The zero-order valence-electron chi connectivity index (χ0n) is 17.0. The number of carbonyl (C=O) groups is 1. The number of benzene rings is 1. The monoisotopic (exact) mass is 424 g/mol. The second-order valence-corrected chi connectivity index (χ2v) is 9.99. The Hall–Kier alpha value is -2.17. The fraction of sp³-hybridized carbons (Fsp3) is 0.333. The summed E-state index contributed by atoms with van der Waals surface area (Å²) in [6, 6.07) is 12.2. The molecule has 0 bridgehead atoms. The first-order valence-electron chi connectivity index (χ1n) is 9.97. The van der Waals surface area contributed by atoms with Gasteiger partial charge in [0.05, 0.1) is 0 Å². The molecule has 0 saturated heterocycles. The van der Waals surface area contributed by atoms with Gasteiger partial charge in [0, 0.05) is 44.4 Å². The quantitative estimate of drug-likeness (QED) is 0.505. The number of hydrogen-bond acceptors (Lipinski definition) is 3. The maximum atomic E-state index is 12.4. The van der Waals surface area contributed by atoms with Gasteiger partial charge in [0.15, 0.2) is 0 Å². The van der Waals surface area contributed by atoms with Gasteiger partial charge >= 0.3 is 0 Å². The lowest BCUT2D eigenvalue weighted by atomic mass is 9.90. The van der Waals surface area contributed by atoms with E-state index in [1.165, 1.54) is 11.3 Å². The van der Waals surface area contributed by atoms with Gasteiger partial charge in [0.1, 0.15) is 0 Å². The van der Waals surface area contributed by atoms with Crippen molar-refractivity contribution in [1.82, 2.24) is 10.3 Å². The zero-order valence-corrected chi connectivity index (χ0v) is 18.5. The van der Waals surface area contributed by atoms with E-state index in [9.17, 15) is 4.79 Å². The fourth-order valence-corrected chi connectivity index (χ4v) is 4.53. The molecule has 1 fully saturated rings. The Labute approximate surface area is 181 Å². The summed E-state index contributed by atoms with van der Waals surface area (Å²) >= 11 is 8.24. The van der Waals surface area contributed by atoms with E-state index in [-0.39, 0.29) is 11.3 Å². The van der Waals surface area contributed by atoms with E-state index in [1.54, 1.807) is 17.4 Å². The SMILES string of the molecule is CC(C)(C)c1cc(-c2cc(-c3ccc(C(=O)NC4CCC4)cc3Cl)cs2)ccn1. The number of pyridine rings is 1. The molecular weight excluding hydrogens is 400 g/mol. The predicted molar refractivity (Wildman–Crippen MR) is 122 cm³/mol. The highest BCUT2D eigenvalue weighted by Gasteiger charge is 2.21. The van der Waals surface area contributed by atoms with Crippen LogP contribution in [-0.2, 0) is 5.41 Å². The van der Waals surface area contributed by atoms with E-state index in [2.05, 4.69) is 48.6 Å². The summed E-state index contributed by atoms with van der Waals surface area (Å²) in [6.07, 6.45) is 5.21. The van der Waals surface area contributed by atoms with Gasteiger partial charge in [-0.15, -0.1) is 11.3 Å². The molecule has 5 heteroatoms. The van der Waals surface area contributed by atoms with E-state index in [4.69, 9.17) is 11.6 Å². The molecule has 29 heavy (non-hydrogen) atoms. The molecule has 0 spiro atoms. The van der Waals surface area contributed by atoms with E-state index in [0.29, 0.717) is 16.6 Å². The highest BCUT2D eigenvalue weighted by atomic mass is 35.5. The van der Waals surface area contributed by atoms with E-state index in [0.717, 1.165) is 35.2 Å². The van der Waals surface area contributed by atoms with Crippen LogP contribution in [-0.4, -0.2) is 16.9 Å². The summed E-state index contributed by atoms with van der Waals surface area (Å²) in [5, 5.41) is 5.77. The Kier molecular flexibility index (Phi) is 5.50. The summed E-state index contributed by atoms with van der Waals surface area (Å²) < 4.78 is 0. The molecule has 2 heterocycles. The minimum atomic E-state index is -0.0411. The third kappa shape index (κ3) is 4.39. The number of amides is 1. The van der Waals surface area contributed by atoms with Gasteiger partial charge in [0.25, 0.3) is 5.91 Å². The number of hydrogen-bond donors (Lipinski definition) is 1. The predicted octanol–water partition coefficient (Wildman–Crippen LogP) is 6.71. The lowest BCUT2D eigenvalue weighted by Gasteiger charge is -2.26. The van der Waals surface area contributed by atoms with Gasteiger partial charge in [0.2, 0.25) is 0 Å². The lowest BCUT2D eigenvalue weighted by molar-refractivity contribution is 0.0917. The number of rotatable bonds is 4. The zero-order chi connectivity index (χ0) is 20.6.